The van der Waals surface area contributed by atoms with Crippen LogP contribution < -0.4 is 9.64 Å². The van der Waals surface area contributed by atoms with Crippen LogP contribution in [0.3, 0.4) is 0 Å². The summed E-state index contributed by atoms with van der Waals surface area (Å²) < 4.78 is 5.74. The molecule has 170 valence electrons. The molecule has 7 heteroatoms. The lowest BCUT2D eigenvalue weighted by Crippen LogP contribution is -2.30. The van der Waals surface area contributed by atoms with Gasteiger partial charge in [0.2, 0.25) is 5.95 Å². The summed E-state index contributed by atoms with van der Waals surface area (Å²) in [5.74, 6) is -0.853. The summed E-state index contributed by atoms with van der Waals surface area (Å²) in [6.45, 7) is 3.87. The number of para-hydroxylation sites is 2. The fourth-order valence-electron chi connectivity index (χ4n) is 4.17. The Kier molecular flexibility index (Phi) is 5.37. The Bertz CT molecular complexity index is 1370. The molecule has 1 saturated heterocycles. The fourth-order valence-corrected chi connectivity index (χ4v) is 4.17. The number of aliphatic hydroxyl groups is 1. The third kappa shape index (κ3) is 3.71. The van der Waals surface area contributed by atoms with E-state index in [1.165, 1.54) is 4.90 Å². The molecule has 0 radical (unpaired) electrons. The number of aliphatic hydroxyl groups excluding tert-OH is 1. The molecule has 5 rings (SSSR count). The lowest BCUT2D eigenvalue weighted by atomic mass is 9.95. The van der Waals surface area contributed by atoms with E-state index in [4.69, 9.17) is 4.74 Å². The van der Waals surface area contributed by atoms with Crippen molar-refractivity contribution in [2.24, 2.45) is 0 Å². The maximum Gasteiger partial charge on any atom is 0.302 e. The number of anilines is 1. The highest BCUT2D eigenvalue weighted by Gasteiger charge is 2.48. The molecule has 1 aliphatic rings. The second-order valence-electron chi connectivity index (χ2n) is 8.35. The molecule has 0 bridgehead atoms. The van der Waals surface area contributed by atoms with Crippen molar-refractivity contribution in [1.82, 2.24) is 9.97 Å². The number of imidazole rings is 1. The molecule has 1 atom stereocenters. The number of aromatic amines is 1. The Balaban J connectivity index is 1.68. The first-order valence-corrected chi connectivity index (χ1v) is 11.0. The van der Waals surface area contributed by atoms with Crippen LogP contribution in [0.25, 0.3) is 16.8 Å². The van der Waals surface area contributed by atoms with Crippen LogP contribution >= 0.6 is 0 Å². The van der Waals surface area contributed by atoms with Crippen molar-refractivity contribution < 1.29 is 19.4 Å². The third-order valence-electron chi connectivity index (χ3n) is 5.66. The van der Waals surface area contributed by atoms with Gasteiger partial charge in [-0.25, -0.2) is 4.98 Å². The number of aromatic nitrogens is 2. The molecule has 7 nitrogen and oxygen atoms in total. The van der Waals surface area contributed by atoms with Gasteiger partial charge in [0, 0.05) is 5.56 Å². The number of nitrogens with one attached hydrogen (secondary N) is 1. The van der Waals surface area contributed by atoms with E-state index in [1.807, 2.05) is 44.2 Å². The minimum Gasteiger partial charge on any atom is -0.507 e. The Morgan fingerprint density at radius 1 is 0.971 bits per heavy atom. The minimum atomic E-state index is -0.867. The highest BCUT2D eigenvalue weighted by molar-refractivity contribution is 6.51. The van der Waals surface area contributed by atoms with E-state index in [1.54, 1.807) is 48.5 Å². The number of hydrogen-bond donors (Lipinski definition) is 2. The summed E-state index contributed by atoms with van der Waals surface area (Å²) in [7, 11) is 0. The topological polar surface area (TPSA) is 95.5 Å². The number of Topliss-reactive ketones (excluding diaryl/α,β-unsaturated/α-hetero) is 1. The Hall–Kier alpha value is -4.39. The van der Waals surface area contributed by atoms with Crippen molar-refractivity contribution in [3.8, 4) is 5.75 Å². The first kappa shape index (κ1) is 21.5. The van der Waals surface area contributed by atoms with Gasteiger partial charge in [-0.1, -0.05) is 54.6 Å². The summed E-state index contributed by atoms with van der Waals surface area (Å²) in [4.78, 5) is 35.5. The van der Waals surface area contributed by atoms with Gasteiger partial charge in [0.25, 0.3) is 5.78 Å². The van der Waals surface area contributed by atoms with Crippen LogP contribution in [0.15, 0.2) is 84.4 Å². The molecule has 34 heavy (non-hydrogen) atoms. The Morgan fingerprint density at radius 3 is 2.32 bits per heavy atom. The number of hydrogen-bond acceptors (Lipinski definition) is 5. The van der Waals surface area contributed by atoms with Gasteiger partial charge < -0.3 is 14.8 Å². The fraction of sp³-hybridized carbons (Fsp3) is 0.148. The molecular formula is C27H23N3O4. The SMILES string of the molecule is CC(C)Oc1ccc(C2/C(=C(\O)c3ccccc3)C(=O)C(=O)N2c2nc3ccccc3[nH]2)cc1. The number of rotatable bonds is 5. The van der Waals surface area contributed by atoms with Crippen molar-refractivity contribution in [3.05, 3.63) is 95.6 Å². The number of amides is 1. The lowest BCUT2D eigenvalue weighted by molar-refractivity contribution is -0.132. The summed E-state index contributed by atoms with van der Waals surface area (Å²) in [6, 6.07) is 22.4. The van der Waals surface area contributed by atoms with Crippen LogP contribution in [-0.4, -0.2) is 32.9 Å². The number of ketones is 1. The minimum absolute atomic E-state index is 0.00474. The number of nitrogens with zero attached hydrogens (tertiary/aromatic N) is 2. The molecule has 1 fully saturated rings. The highest BCUT2D eigenvalue weighted by atomic mass is 16.5. The predicted octanol–water partition coefficient (Wildman–Crippen LogP) is 4.98. The van der Waals surface area contributed by atoms with Gasteiger partial charge in [-0.2, -0.15) is 0 Å². The van der Waals surface area contributed by atoms with Gasteiger partial charge in [-0.3, -0.25) is 14.5 Å². The molecule has 3 aromatic carbocycles. The van der Waals surface area contributed by atoms with Crippen molar-refractivity contribution in [2.75, 3.05) is 4.90 Å². The quantitative estimate of drug-likeness (QED) is 0.253. The summed E-state index contributed by atoms with van der Waals surface area (Å²) in [5.41, 5.74) is 2.51. The highest BCUT2D eigenvalue weighted by Crippen LogP contribution is 2.42. The summed E-state index contributed by atoms with van der Waals surface area (Å²) in [6.07, 6.45) is 0.00474. The smallest absolute Gasteiger partial charge is 0.302 e. The predicted molar refractivity (Wildman–Crippen MR) is 130 cm³/mol. The van der Waals surface area contributed by atoms with Crippen LogP contribution in [0.4, 0.5) is 5.95 Å². The van der Waals surface area contributed by atoms with Crippen molar-refractivity contribution >= 4 is 34.4 Å². The zero-order chi connectivity index (χ0) is 23.8. The van der Waals surface area contributed by atoms with E-state index in [0.29, 0.717) is 22.4 Å². The number of carbonyl (C=O) groups excluding carboxylic acids is 2. The van der Waals surface area contributed by atoms with Gasteiger partial charge in [0.05, 0.1) is 28.8 Å². The molecular weight excluding hydrogens is 430 g/mol. The number of ether oxygens (including phenoxy) is 1. The van der Waals surface area contributed by atoms with E-state index in [2.05, 4.69) is 9.97 Å². The zero-order valence-corrected chi connectivity index (χ0v) is 18.7. The normalized spacial score (nSPS) is 17.6. The molecule has 1 unspecified atom stereocenters. The maximum atomic E-state index is 13.3. The van der Waals surface area contributed by atoms with E-state index >= 15 is 0 Å². The van der Waals surface area contributed by atoms with Crippen LogP contribution in [-0.2, 0) is 9.59 Å². The summed E-state index contributed by atoms with van der Waals surface area (Å²) in [5, 5.41) is 11.1. The van der Waals surface area contributed by atoms with Crippen LogP contribution in [0.5, 0.6) is 5.75 Å². The average molecular weight is 453 g/mol. The number of H-pyrrole nitrogens is 1. The molecule has 2 heterocycles. The second kappa shape index (κ2) is 8.51. The molecule has 0 saturated carbocycles. The number of fused-ring (bicyclic) bond motifs is 1. The largest absolute Gasteiger partial charge is 0.507 e. The van der Waals surface area contributed by atoms with E-state index in [9.17, 15) is 14.7 Å². The van der Waals surface area contributed by atoms with Crippen LogP contribution in [0.1, 0.15) is 31.0 Å². The Morgan fingerprint density at radius 2 is 1.65 bits per heavy atom. The van der Waals surface area contributed by atoms with E-state index < -0.39 is 17.7 Å². The van der Waals surface area contributed by atoms with Gasteiger partial charge in [0.1, 0.15) is 11.5 Å². The van der Waals surface area contributed by atoms with Crippen LogP contribution in [0, 0.1) is 0 Å². The monoisotopic (exact) mass is 453 g/mol. The third-order valence-corrected chi connectivity index (χ3v) is 5.66. The maximum absolute atomic E-state index is 13.3. The number of benzene rings is 3. The molecule has 0 aliphatic carbocycles. The van der Waals surface area contributed by atoms with Crippen molar-refractivity contribution in [3.63, 3.8) is 0 Å². The van der Waals surface area contributed by atoms with Gasteiger partial charge in [0.15, 0.2) is 0 Å². The summed E-state index contributed by atoms with van der Waals surface area (Å²) >= 11 is 0. The van der Waals surface area contributed by atoms with E-state index in [-0.39, 0.29) is 23.4 Å². The zero-order valence-electron chi connectivity index (χ0n) is 18.7. The lowest BCUT2D eigenvalue weighted by Gasteiger charge is -2.23. The molecule has 1 aromatic heterocycles. The van der Waals surface area contributed by atoms with Crippen molar-refractivity contribution in [2.45, 2.75) is 26.0 Å². The standard InChI is InChI=1S/C27H23N3O4/c1-16(2)34-19-14-12-17(13-15-19)23-22(24(31)18-8-4-3-5-9-18)25(32)26(33)30(23)27-28-20-10-6-7-11-21(20)29-27/h3-16,23,31H,1-2H3,(H,28,29)/b24-22+. The van der Waals surface area contributed by atoms with Gasteiger partial charge in [-0.05, 0) is 43.7 Å². The van der Waals surface area contributed by atoms with Gasteiger partial charge >= 0.3 is 5.91 Å². The average Bonchev–Trinajstić information content (AvgIpc) is 3.38. The van der Waals surface area contributed by atoms with Crippen molar-refractivity contribution in [1.29, 1.82) is 0 Å². The van der Waals surface area contributed by atoms with E-state index in [0.717, 1.165) is 5.52 Å². The number of carbonyl (C=O) groups is 2. The molecule has 1 amide bonds. The van der Waals surface area contributed by atoms with Gasteiger partial charge in [-0.15, -0.1) is 0 Å². The Labute approximate surface area is 196 Å². The molecule has 2 N–H and O–H groups in total. The van der Waals surface area contributed by atoms with Crippen LogP contribution in [0.2, 0.25) is 0 Å². The molecule has 1 aliphatic heterocycles. The first-order chi connectivity index (χ1) is 16.4. The second-order valence-corrected chi connectivity index (χ2v) is 8.35. The molecule has 4 aromatic rings. The molecule has 0 spiro atoms. The first-order valence-electron chi connectivity index (χ1n) is 11.0.